The summed E-state index contributed by atoms with van der Waals surface area (Å²) < 4.78 is 13.6. The number of furan rings is 1. The number of morpholine rings is 1. The van der Waals surface area contributed by atoms with Gasteiger partial charge in [-0.3, -0.25) is 9.69 Å². The summed E-state index contributed by atoms with van der Waals surface area (Å²) in [5, 5.41) is 0. The highest BCUT2D eigenvalue weighted by Gasteiger charge is 2.43. The quantitative estimate of drug-likeness (QED) is 0.830. The predicted octanol–water partition coefficient (Wildman–Crippen LogP) is 1.46. The number of carbonyl (C=O) groups is 1. The Morgan fingerprint density at radius 1 is 1.23 bits per heavy atom. The van der Waals surface area contributed by atoms with Crippen molar-refractivity contribution in [2.45, 2.75) is 31.5 Å². The van der Waals surface area contributed by atoms with E-state index in [1.165, 1.54) is 12.8 Å². The maximum atomic E-state index is 12.9. The molecular weight excluding hydrogens is 332 g/mol. The van der Waals surface area contributed by atoms with E-state index in [9.17, 15) is 4.79 Å². The monoisotopic (exact) mass is 356 g/mol. The summed E-state index contributed by atoms with van der Waals surface area (Å²) in [5.41, 5.74) is 0. The molecule has 0 aromatic carbocycles. The Labute approximate surface area is 152 Å². The SMILES string of the molecule is O=C(c1ccc(Cn2ccnc2)o1)N1CCN2[C@@H](COC[C@@H]2C2CC2)C1. The van der Waals surface area contributed by atoms with Crippen LogP contribution in [-0.4, -0.2) is 70.2 Å². The van der Waals surface area contributed by atoms with E-state index in [1.807, 2.05) is 21.7 Å². The van der Waals surface area contributed by atoms with Gasteiger partial charge in [0.25, 0.3) is 5.91 Å². The Hall–Kier alpha value is -2.12. The molecule has 2 aromatic rings. The van der Waals surface area contributed by atoms with Gasteiger partial charge in [-0.25, -0.2) is 4.98 Å². The second-order valence-electron chi connectivity index (χ2n) is 7.59. The summed E-state index contributed by atoms with van der Waals surface area (Å²) in [6.07, 6.45) is 8.00. The summed E-state index contributed by atoms with van der Waals surface area (Å²) >= 11 is 0. The maximum absolute atomic E-state index is 12.9. The topological polar surface area (TPSA) is 63.7 Å². The lowest BCUT2D eigenvalue weighted by Crippen LogP contribution is -2.63. The third-order valence-electron chi connectivity index (χ3n) is 5.78. The number of nitrogens with zero attached hydrogens (tertiary/aromatic N) is 4. The molecule has 0 unspecified atom stereocenters. The van der Waals surface area contributed by atoms with Crippen molar-refractivity contribution in [1.82, 2.24) is 19.4 Å². The van der Waals surface area contributed by atoms with Gasteiger partial charge in [0.05, 0.1) is 32.1 Å². The number of fused-ring (bicyclic) bond motifs is 1. The molecule has 7 nitrogen and oxygen atoms in total. The molecule has 3 fully saturated rings. The fourth-order valence-corrected chi connectivity index (χ4v) is 4.24. The number of hydrogen-bond donors (Lipinski definition) is 0. The van der Waals surface area contributed by atoms with Gasteiger partial charge < -0.3 is 18.6 Å². The zero-order chi connectivity index (χ0) is 17.5. The van der Waals surface area contributed by atoms with E-state index < -0.39 is 0 Å². The fraction of sp³-hybridized carbons (Fsp3) is 0.579. The second kappa shape index (κ2) is 6.55. The number of hydrogen-bond acceptors (Lipinski definition) is 5. The van der Waals surface area contributed by atoms with Gasteiger partial charge in [-0.1, -0.05) is 0 Å². The van der Waals surface area contributed by atoms with Crippen molar-refractivity contribution in [3.63, 3.8) is 0 Å². The summed E-state index contributed by atoms with van der Waals surface area (Å²) in [5.74, 6) is 1.97. The number of carbonyl (C=O) groups excluding carboxylic acids is 1. The molecule has 7 heteroatoms. The first-order valence-corrected chi connectivity index (χ1v) is 9.45. The number of aromatic nitrogens is 2. The molecule has 0 spiro atoms. The van der Waals surface area contributed by atoms with Gasteiger partial charge in [-0.05, 0) is 30.9 Å². The number of rotatable bonds is 4. The summed E-state index contributed by atoms with van der Waals surface area (Å²) in [6.45, 7) is 4.57. The molecule has 0 radical (unpaired) electrons. The van der Waals surface area contributed by atoms with Crippen LogP contribution in [0, 0.1) is 5.92 Å². The van der Waals surface area contributed by atoms with E-state index in [0.29, 0.717) is 24.4 Å². The second-order valence-corrected chi connectivity index (χ2v) is 7.59. The lowest BCUT2D eigenvalue weighted by atomic mass is 10.0. The summed E-state index contributed by atoms with van der Waals surface area (Å²) in [4.78, 5) is 21.4. The zero-order valence-corrected chi connectivity index (χ0v) is 14.8. The molecule has 0 bridgehead atoms. The molecule has 0 N–H and O–H groups in total. The van der Waals surface area contributed by atoms with Gasteiger partial charge in [0.2, 0.25) is 0 Å². The van der Waals surface area contributed by atoms with Crippen molar-refractivity contribution < 1.29 is 13.9 Å². The van der Waals surface area contributed by atoms with E-state index in [-0.39, 0.29) is 5.91 Å². The molecule has 4 heterocycles. The zero-order valence-electron chi connectivity index (χ0n) is 14.8. The van der Waals surface area contributed by atoms with Crippen molar-refractivity contribution >= 4 is 5.91 Å². The minimum absolute atomic E-state index is 0.0184. The van der Waals surface area contributed by atoms with Crippen molar-refractivity contribution in [3.8, 4) is 0 Å². The molecule has 2 saturated heterocycles. The molecular formula is C19H24N4O3. The van der Waals surface area contributed by atoms with Crippen LogP contribution in [0.1, 0.15) is 29.2 Å². The first-order chi connectivity index (χ1) is 12.8. The third kappa shape index (κ3) is 3.05. The van der Waals surface area contributed by atoms with Crippen LogP contribution in [0.15, 0.2) is 35.3 Å². The van der Waals surface area contributed by atoms with Crippen LogP contribution in [-0.2, 0) is 11.3 Å². The Kier molecular flexibility index (Phi) is 4.05. The molecule has 1 amide bonds. The van der Waals surface area contributed by atoms with Crippen LogP contribution < -0.4 is 0 Å². The van der Waals surface area contributed by atoms with Crippen LogP contribution in [0.3, 0.4) is 0 Å². The van der Waals surface area contributed by atoms with Gasteiger partial charge in [-0.15, -0.1) is 0 Å². The molecule has 138 valence electrons. The standard InChI is InChI=1S/C19H24N4O3/c24-19(18-4-3-16(26-18)10-21-6-5-20-13-21)22-7-8-23-15(9-22)11-25-12-17(23)14-1-2-14/h3-6,13-15,17H,1-2,7-12H2/t15-,17-/m1/s1. The number of imidazole rings is 1. The highest BCUT2D eigenvalue weighted by molar-refractivity contribution is 5.91. The highest BCUT2D eigenvalue weighted by atomic mass is 16.5. The molecule has 1 saturated carbocycles. The van der Waals surface area contributed by atoms with Crippen molar-refractivity contribution in [3.05, 3.63) is 42.4 Å². The van der Waals surface area contributed by atoms with E-state index in [2.05, 4.69) is 9.88 Å². The van der Waals surface area contributed by atoms with Crippen LogP contribution in [0.25, 0.3) is 0 Å². The van der Waals surface area contributed by atoms with E-state index in [4.69, 9.17) is 9.15 Å². The number of piperazine rings is 1. The summed E-state index contributed by atoms with van der Waals surface area (Å²) in [7, 11) is 0. The third-order valence-corrected chi connectivity index (χ3v) is 5.78. The Balaban J connectivity index is 1.24. The van der Waals surface area contributed by atoms with Gasteiger partial charge in [-0.2, -0.15) is 0 Å². The minimum atomic E-state index is -0.0184. The smallest absolute Gasteiger partial charge is 0.289 e. The van der Waals surface area contributed by atoms with E-state index in [1.54, 1.807) is 18.6 Å². The van der Waals surface area contributed by atoms with E-state index >= 15 is 0 Å². The van der Waals surface area contributed by atoms with Crippen LogP contribution in [0.4, 0.5) is 0 Å². The predicted molar refractivity (Wildman–Crippen MR) is 93.8 cm³/mol. The number of ether oxygens (including phenoxy) is 1. The van der Waals surface area contributed by atoms with Gasteiger partial charge >= 0.3 is 0 Å². The maximum Gasteiger partial charge on any atom is 0.289 e. The average molecular weight is 356 g/mol. The summed E-state index contributed by atoms with van der Waals surface area (Å²) in [6, 6.07) is 4.52. The fourth-order valence-electron chi connectivity index (χ4n) is 4.24. The molecule has 3 aliphatic rings. The van der Waals surface area contributed by atoms with Crippen LogP contribution >= 0.6 is 0 Å². The van der Waals surface area contributed by atoms with E-state index in [0.717, 1.165) is 44.5 Å². The van der Waals surface area contributed by atoms with Crippen molar-refractivity contribution in [2.24, 2.45) is 5.92 Å². The average Bonchev–Trinajstić information content (AvgIpc) is 3.19. The lowest BCUT2D eigenvalue weighted by Gasteiger charge is -2.48. The van der Waals surface area contributed by atoms with Gasteiger partial charge in [0.15, 0.2) is 5.76 Å². The minimum Gasteiger partial charge on any atom is -0.454 e. The Morgan fingerprint density at radius 2 is 2.15 bits per heavy atom. The van der Waals surface area contributed by atoms with Crippen LogP contribution in [0.2, 0.25) is 0 Å². The highest BCUT2D eigenvalue weighted by Crippen LogP contribution is 2.38. The molecule has 2 aromatic heterocycles. The molecule has 2 aliphatic heterocycles. The lowest BCUT2D eigenvalue weighted by molar-refractivity contribution is -0.0818. The number of amides is 1. The van der Waals surface area contributed by atoms with Crippen LogP contribution in [0.5, 0.6) is 0 Å². The first kappa shape index (κ1) is 16.1. The normalized spacial score (nSPS) is 26.7. The van der Waals surface area contributed by atoms with Crippen molar-refractivity contribution in [1.29, 1.82) is 0 Å². The molecule has 2 atom stereocenters. The molecule has 1 aliphatic carbocycles. The van der Waals surface area contributed by atoms with Gasteiger partial charge in [0.1, 0.15) is 5.76 Å². The van der Waals surface area contributed by atoms with Crippen molar-refractivity contribution in [2.75, 3.05) is 32.8 Å². The Bertz CT molecular complexity index is 768. The first-order valence-electron chi connectivity index (χ1n) is 9.45. The van der Waals surface area contributed by atoms with Gasteiger partial charge in [0, 0.05) is 38.1 Å². The largest absolute Gasteiger partial charge is 0.454 e. The Morgan fingerprint density at radius 3 is 2.96 bits per heavy atom. The molecule has 5 rings (SSSR count). The molecule has 26 heavy (non-hydrogen) atoms.